The summed E-state index contributed by atoms with van der Waals surface area (Å²) in [6.07, 6.45) is 2.27. The van der Waals surface area contributed by atoms with Crippen molar-refractivity contribution in [1.29, 1.82) is 0 Å². The molecule has 0 spiro atoms. The van der Waals surface area contributed by atoms with E-state index in [-0.39, 0.29) is 23.8 Å². The number of carbonyl (C=O) groups is 3. The van der Waals surface area contributed by atoms with Crippen LogP contribution in [0.15, 0.2) is 54.6 Å². The molecule has 1 N–H and O–H groups in total. The van der Waals surface area contributed by atoms with Gasteiger partial charge in [0.2, 0.25) is 11.8 Å². The molecule has 2 amide bonds. The number of hydrogen-bond acceptors (Lipinski definition) is 3. The Bertz CT molecular complexity index is 858. The van der Waals surface area contributed by atoms with Crippen LogP contribution in [0.1, 0.15) is 34.3 Å². The maximum absolute atomic E-state index is 12.6. The second-order valence-electron chi connectivity index (χ2n) is 7.24. The van der Waals surface area contributed by atoms with E-state index in [1.165, 1.54) is 11.6 Å². The van der Waals surface area contributed by atoms with Crippen LogP contribution in [0.3, 0.4) is 0 Å². The molecule has 6 heteroatoms. The van der Waals surface area contributed by atoms with Crippen LogP contribution in [0.2, 0.25) is 0 Å². The minimum absolute atomic E-state index is 0.0630. The van der Waals surface area contributed by atoms with Crippen molar-refractivity contribution in [2.75, 3.05) is 26.2 Å². The average molecular weight is 394 g/mol. The largest absolute Gasteiger partial charge is 0.478 e. The molecule has 1 aliphatic rings. The van der Waals surface area contributed by atoms with Crippen LogP contribution in [0.4, 0.5) is 0 Å². The fourth-order valence-corrected chi connectivity index (χ4v) is 3.61. The van der Waals surface area contributed by atoms with Crippen LogP contribution in [0, 0.1) is 0 Å². The van der Waals surface area contributed by atoms with Gasteiger partial charge in [-0.25, -0.2) is 4.79 Å². The van der Waals surface area contributed by atoms with Crippen LogP contribution in [-0.2, 0) is 22.4 Å². The van der Waals surface area contributed by atoms with Gasteiger partial charge in [0.15, 0.2) is 0 Å². The number of carbonyl (C=O) groups excluding carboxylic acids is 2. The van der Waals surface area contributed by atoms with Crippen molar-refractivity contribution in [1.82, 2.24) is 9.80 Å². The van der Waals surface area contributed by atoms with Crippen molar-refractivity contribution in [2.45, 2.75) is 25.7 Å². The zero-order valence-corrected chi connectivity index (χ0v) is 16.4. The number of amides is 2. The number of piperazine rings is 1. The van der Waals surface area contributed by atoms with Gasteiger partial charge in [0.05, 0.1) is 12.0 Å². The highest BCUT2D eigenvalue weighted by molar-refractivity contribution is 5.91. The van der Waals surface area contributed by atoms with Crippen molar-refractivity contribution in [3.63, 3.8) is 0 Å². The van der Waals surface area contributed by atoms with Gasteiger partial charge in [0.25, 0.3) is 0 Å². The van der Waals surface area contributed by atoms with E-state index in [0.29, 0.717) is 38.2 Å². The number of hydrogen-bond donors (Lipinski definition) is 1. The van der Waals surface area contributed by atoms with Gasteiger partial charge in [-0.1, -0.05) is 48.5 Å². The normalized spacial score (nSPS) is 13.9. The second kappa shape index (κ2) is 9.87. The van der Waals surface area contributed by atoms with Crippen molar-refractivity contribution >= 4 is 17.8 Å². The van der Waals surface area contributed by atoms with E-state index in [9.17, 15) is 19.5 Å². The molecule has 0 radical (unpaired) electrons. The van der Waals surface area contributed by atoms with Gasteiger partial charge >= 0.3 is 5.97 Å². The molecule has 1 saturated heterocycles. The minimum atomic E-state index is -1.03. The first-order valence-electron chi connectivity index (χ1n) is 9.95. The SMILES string of the molecule is O=C(O)c1ccccc1CC(=O)N1CCN(C(=O)CCCc2ccccc2)CC1. The number of nitrogens with zero attached hydrogens (tertiary/aromatic N) is 2. The Morgan fingerprint density at radius 2 is 1.38 bits per heavy atom. The Kier molecular flexibility index (Phi) is 7.00. The number of carboxylic acids is 1. The summed E-state index contributed by atoms with van der Waals surface area (Å²) >= 11 is 0. The number of aromatic carboxylic acids is 1. The predicted molar refractivity (Wildman–Crippen MR) is 110 cm³/mol. The summed E-state index contributed by atoms with van der Waals surface area (Å²) in [6.45, 7) is 2.02. The highest BCUT2D eigenvalue weighted by Crippen LogP contribution is 2.13. The van der Waals surface area contributed by atoms with E-state index < -0.39 is 5.97 Å². The summed E-state index contributed by atoms with van der Waals surface area (Å²) in [5.74, 6) is -1.00. The van der Waals surface area contributed by atoms with Crippen LogP contribution in [-0.4, -0.2) is 58.9 Å². The van der Waals surface area contributed by atoms with Crippen molar-refractivity contribution < 1.29 is 19.5 Å². The molecule has 0 aliphatic carbocycles. The molecular weight excluding hydrogens is 368 g/mol. The topological polar surface area (TPSA) is 77.9 Å². The van der Waals surface area contributed by atoms with Gasteiger partial charge < -0.3 is 14.9 Å². The predicted octanol–water partition coefficient (Wildman–Crippen LogP) is 2.62. The first-order valence-corrected chi connectivity index (χ1v) is 9.95. The molecule has 1 heterocycles. The third-order valence-corrected chi connectivity index (χ3v) is 5.27. The average Bonchev–Trinajstić information content (AvgIpc) is 2.74. The molecule has 1 aliphatic heterocycles. The quantitative estimate of drug-likeness (QED) is 0.783. The molecule has 0 aromatic heterocycles. The van der Waals surface area contributed by atoms with Crippen molar-refractivity contribution in [3.05, 3.63) is 71.3 Å². The summed E-state index contributed by atoms with van der Waals surface area (Å²) in [6, 6.07) is 16.7. The first-order chi connectivity index (χ1) is 14.0. The van der Waals surface area contributed by atoms with Crippen LogP contribution < -0.4 is 0 Å². The van der Waals surface area contributed by atoms with E-state index in [4.69, 9.17) is 0 Å². The maximum Gasteiger partial charge on any atom is 0.335 e. The second-order valence-corrected chi connectivity index (χ2v) is 7.24. The summed E-state index contributed by atoms with van der Waals surface area (Å²) in [5.41, 5.74) is 1.91. The lowest BCUT2D eigenvalue weighted by Gasteiger charge is -2.35. The molecule has 0 unspecified atom stereocenters. The third-order valence-electron chi connectivity index (χ3n) is 5.27. The number of aryl methyl sites for hydroxylation is 1. The molecule has 2 aromatic rings. The smallest absolute Gasteiger partial charge is 0.335 e. The number of rotatable bonds is 7. The number of carboxylic acid groups (broad SMARTS) is 1. The molecular formula is C23H26N2O4. The van der Waals surface area contributed by atoms with Crippen LogP contribution in [0.25, 0.3) is 0 Å². The molecule has 152 valence electrons. The van der Waals surface area contributed by atoms with Crippen molar-refractivity contribution in [2.24, 2.45) is 0 Å². The van der Waals surface area contributed by atoms with Gasteiger partial charge in [-0.05, 0) is 30.0 Å². The van der Waals surface area contributed by atoms with E-state index >= 15 is 0 Å². The van der Waals surface area contributed by atoms with Gasteiger partial charge in [0.1, 0.15) is 0 Å². The number of benzene rings is 2. The summed E-state index contributed by atoms with van der Waals surface area (Å²) < 4.78 is 0. The Morgan fingerprint density at radius 1 is 0.793 bits per heavy atom. The van der Waals surface area contributed by atoms with Gasteiger partial charge in [-0.15, -0.1) is 0 Å². The lowest BCUT2D eigenvalue weighted by molar-refractivity contribution is -0.139. The molecule has 6 nitrogen and oxygen atoms in total. The van der Waals surface area contributed by atoms with Gasteiger partial charge in [-0.3, -0.25) is 9.59 Å². The molecule has 3 rings (SSSR count). The maximum atomic E-state index is 12.6. The third kappa shape index (κ3) is 5.67. The first kappa shape index (κ1) is 20.6. The summed E-state index contributed by atoms with van der Waals surface area (Å²) in [7, 11) is 0. The van der Waals surface area contributed by atoms with E-state index in [1.807, 2.05) is 23.1 Å². The highest BCUT2D eigenvalue weighted by atomic mass is 16.4. The zero-order valence-electron chi connectivity index (χ0n) is 16.4. The molecule has 1 fully saturated rings. The Balaban J connectivity index is 1.44. The monoisotopic (exact) mass is 394 g/mol. The van der Waals surface area contributed by atoms with Gasteiger partial charge in [0, 0.05) is 32.6 Å². The highest BCUT2D eigenvalue weighted by Gasteiger charge is 2.24. The molecule has 29 heavy (non-hydrogen) atoms. The Morgan fingerprint density at radius 3 is 2.03 bits per heavy atom. The fourth-order valence-electron chi connectivity index (χ4n) is 3.61. The summed E-state index contributed by atoms with van der Waals surface area (Å²) in [5, 5.41) is 9.26. The zero-order chi connectivity index (χ0) is 20.6. The molecule has 0 saturated carbocycles. The Labute approximate surface area is 170 Å². The molecule has 0 atom stereocenters. The molecule has 0 bridgehead atoms. The standard InChI is InChI=1S/C23H26N2O4/c26-21(12-6-9-18-7-2-1-3-8-18)24-13-15-25(16-14-24)22(27)17-19-10-4-5-11-20(19)23(28)29/h1-5,7-8,10-11H,6,9,12-17H2,(H,28,29). The van der Waals surface area contributed by atoms with Crippen LogP contribution >= 0.6 is 0 Å². The molecule has 2 aromatic carbocycles. The van der Waals surface area contributed by atoms with Gasteiger partial charge in [-0.2, -0.15) is 0 Å². The van der Waals surface area contributed by atoms with E-state index in [0.717, 1.165) is 12.8 Å². The lowest BCUT2D eigenvalue weighted by atomic mass is 10.0. The van der Waals surface area contributed by atoms with E-state index in [2.05, 4.69) is 12.1 Å². The van der Waals surface area contributed by atoms with Crippen molar-refractivity contribution in [3.8, 4) is 0 Å². The van der Waals surface area contributed by atoms with Crippen LogP contribution in [0.5, 0.6) is 0 Å². The van der Waals surface area contributed by atoms with E-state index in [1.54, 1.807) is 23.1 Å². The summed E-state index contributed by atoms with van der Waals surface area (Å²) in [4.78, 5) is 39.8. The lowest BCUT2D eigenvalue weighted by Crippen LogP contribution is -2.51. The minimum Gasteiger partial charge on any atom is -0.478 e. The fraction of sp³-hybridized carbons (Fsp3) is 0.348. The Hall–Kier alpha value is -3.15.